The second kappa shape index (κ2) is 20.4. The quantitative estimate of drug-likeness (QED) is 0.118. The Bertz CT molecular complexity index is 630. The molecule has 0 aliphatic carbocycles. The first kappa shape index (κ1) is 34.3. The van der Waals surface area contributed by atoms with Crippen LogP contribution in [0.5, 0.6) is 0 Å². The number of hydrogen-bond donors (Lipinski definition) is 0. The molecule has 2 rings (SSSR count). The van der Waals surface area contributed by atoms with E-state index < -0.39 is 12.9 Å². The molecule has 0 amide bonds. The fourth-order valence-corrected chi connectivity index (χ4v) is 24.2. The molecule has 0 saturated heterocycles. The average Bonchev–Trinajstić information content (AvgIpc) is 2.79. The van der Waals surface area contributed by atoms with Gasteiger partial charge >= 0.3 is 237 Å². The topological polar surface area (TPSA) is 0 Å². The van der Waals surface area contributed by atoms with Gasteiger partial charge in [0.15, 0.2) is 0 Å². The minimum atomic E-state index is -1.05. The fraction of sp³-hybridized carbons (Fsp3) is 0.538. The maximum atomic E-state index is 2.54. The summed E-state index contributed by atoms with van der Waals surface area (Å²) in [5.41, 5.74) is 0. The van der Waals surface area contributed by atoms with Crippen molar-refractivity contribution in [2.75, 3.05) is 38.0 Å². The van der Waals surface area contributed by atoms with Crippen LogP contribution < -0.4 is 0 Å². The Morgan fingerprint density at radius 1 is 0.515 bits per heavy atom. The maximum Gasteiger partial charge on any atom is 2.00 e. The van der Waals surface area contributed by atoms with Crippen molar-refractivity contribution in [2.45, 2.75) is 63.2 Å². The molecule has 0 aliphatic rings. The van der Waals surface area contributed by atoms with E-state index in [0.717, 1.165) is 0 Å². The second-order valence-electron chi connectivity index (χ2n) is 8.86. The summed E-state index contributed by atoms with van der Waals surface area (Å²) < 4.78 is 0. The molecule has 186 valence electrons. The SMILES string of the molecule is CCC[PH-](C)(CCC)SSc1ccccc1.CCC[PH-](C)(CCC)SSc1ccccc1.[Zn+2]. The third-order valence-electron chi connectivity index (χ3n) is 5.28. The Balaban J connectivity index is 0.000000602. The Morgan fingerprint density at radius 2 is 0.788 bits per heavy atom. The summed E-state index contributed by atoms with van der Waals surface area (Å²) in [6, 6.07) is 21.5. The van der Waals surface area contributed by atoms with Crippen LogP contribution in [-0.4, -0.2) is 38.0 Å². The summed E-state index contributed by atoms with van der Waals surface area (Å²) in [7, 11) is 8.33. The van der Waals surface area contributed by atoms with Crippen molar-refractivity contribution >= 4 is 55.3 Å². The van der Waals surface area contributed by atoms with Crippen LogP contribution in [-0.2, 0) is 19.5 Å². The second-order valence-corrected chi connectivity index (χ2v) is 29.2. The van der Waals surface area contributed by atoms with Crippen LogP contribution in [0.4, 0.5) is 0 Å². The van der Waals surface area contributed by atoms with Crippen LogP contribution in [0.15, 0.2) is 70.5 Å². The maximum absolute atomic E-state index is 2.54. The van der Waals surface area contributed by atoms with Crippen molar-refractivity contribution in [3.05, 3.63) is 60.7 Å². The van der Waals surface area contributed by atoms with E-state index in [9.17, 15) is 0 Å². The molecule has 0 radical (unpaired) electrons. The monoisotopic (exact) mass is 612 g/mol. The van der Waals surface area contributed by atoms with Gasteiger partial charge in [0, 0.05) is 0 Å². The molecule has 0 aliphatic heterocycles. The Morgan fingerprint density at radius 3 is 1.03 bits per heavy atom. The first-order valence-electron chi connectivity index (χ1n) is 12.2. The molecule has 0 spiro atoms. The molecule has 33 heavy (non-hydrogen) atoms. The molecule has 0 fully saturated rings. The fourth-order valence-electron chi connectivity index (χ4n) is 3.78. The van der Waals surface area contributed by atoms with Gasteiger partial charge in [-0.1, -0.05) is 0 Å². The molecular formula is C26H46P2S4Zn. The normalized spacial score (nSPS) is 12.3. The van der Waals surface area contributed by atoms with Crippen LogP contribution in [0.25, 0.3) is 0 Å². The number of hydrogen-bond acceptors (Lipinski definition) is 4. The summed E-state index contributed by atoms with van der Waals surface area (Å²) in [5, 5.41) is 0. The smallest absolute Gasteiger partial charge is 2.00 e. The summed E-state index contributed by atoms with van der Waals surface area (Å²) in [6.45, 7) is 12.2. The van der Waals surface area contributed by atoms with Gasteiger partial charge in [0.1, 0.15) is 0 Å². The minimum Gasteiger partial charge on any atom is 2.00 e. The summed E-state index contributed by atoms with van der Waals surface area (Å²) in [6.07, 6.45) is 11.2. The van der Waals surface area contributed by atoms with E-state index in [0.29, 0.717) is 0 Å². The molecule has 0 heterocycles. The third-order valence-corrected chi connectivity index (χ3v) is 28.7. The molecule has 0 atom stereocenters. The van der Waals surface area contributed by atoms with E-state index in [1.54, 1.807) is 0 Å². The van der Waals surface area contributed by atoms with E-state index in [2.05, 4.69) is 123 Å². The number of rotatable bonds is 14. The summed E-state index contributed by atoms with van der Waals surface area (Å²) in [4.78, 5) is 2.80. The van der Waals surface area contributed by atoms with Gasteiger partial charge in [0.25, 0.3) is 0 Å². The van der Waals surface area contributed by atoms with Gasteiger partial charge in [-0.3, -0.25) is 0 Å². The van der Waals surface area contributed by atoms with Crippen LogP contribution in [0.3, 0.4) is 0 Å². The molecule has 2 aromatic rings. The summed E-state index contributed by atoms with van der Waals surface area (Å²) >= 11 is 0. The molecule has 0 bridgehead atoms. The predicted molar refractivity (Wildman–Crippen MR) is 169 cm³/mol. The predicted octanol–water partition coefficient (Wildman–Crippen LogP) is 11.1. The van der Waals surface area contributed by atoms with E-state index in [4.69, 9.17) is 0 Å². The van der Waals surface area contributed by atoms with Gasteiger partial charge in [0.2, 0.25) is 0 Å². The Hall–Kier alpha value is 1.32. The first-order valence-corrected chi connectivity index (χ1v) is 23.8. The molecule has 2 aromatic carbocycles. The van der Waals surface area contributed by atoms with Crippen LogP contribution >= 0.6 is 55.3 Å². The van der Waals surface area contributed by atoms with Crippen molar-refractivity contribution in [1.82, 2.24) is 0 Å². The van der Waals surface area contributed by atoms with Crippen molar-refractivity contribution in [3.8, 4) is 0 Å². The Kier molecular flexibility index (Phi) is 21.2. The zero-order valence-corrected chi connectivity index (χ0v) is 30.0. The third kappa shape index (κ3) is 15.9. The van der Waals surface area contributed by atoms with Gasteiger partial charge in [-0.2, -0.15) is 0 Å². The van der Waals surface area contributed by atoms with Crippen LogP contribution in [0.1, 0.15) is 53.4 Å². The zero-order valence-electron chi connectivity index (χ0n) is 21.8. The molecule has 0 saturated carbocycles. The van der Waals surface area contributed by atoms with Gasteiger partial charge in [-0.25, -0.2) is 0 Å². The average molecular weight is 614 g/mol. The van der Waals surface area contributed by atoms with E-state index >= 15 is 0 Å². The van der Waals surface area contributed by atoms with Crippen molar-refractivity contribution in [2.24, 2.45) is 0 Å². The standard InChI is InChI=1S/2C13H23PS2.Zn/c2*1-4-11-14(3,12-5-2)16-15-13-9-7-6-8-10-13;/h2*6-10,14H,4-5,11-12H2,1-3H3;/q2*-1;+2. The molecule has 0 nitrogen and oxygen atoms in total. The largest absolute Gasteiger partial charge is 2.00 e. The Labute approximate surface area is 234 Å². The minimum absolute atomic E-state index is 0. The van der Waals surface area contributed by atoms with Crippen LogP contribution in [0.2, 0.25) is 0 Å². The molecule has 0 unspecified atom stereocenters. The molecule has 0 aromatic heterocycles. The first-order chi connectivity index (χ1) is 15.4. The van der Waals surface area contributed by atoms with Crippen molar-refractivity contribution < 1.29 is 19.5 Å². The van der Waals surface area contributed by atoms with Gasteiger partial charge in [-0.15, -0.1) is 0 Å². The van der Waals surface area contributed by atoms with E-state index in [-0.39, 0.29) is 19.5 Å². The van der Waals surface area contributed by atoms with Gasteiger partial charge in [0.05, 0.1) is 0 Å². The zero-order chi connectivity index (χ0) is 23.7. The van der Waals surface area contributed by atoms with E-state index in [1.165, 1.54) is 60.1 Å². The van der Waals surface area contributed by atoms with E-state index in [1.807, 2.05) is 21.6 Å². The van der Waals surface area contributed by atoms with Crippen LogP contribution in [0, 0.1) is 0 Å². The van der Waals surface area contributed by atoms with Crippen molar-refractivity contribution in [3.63, 3.8) is 0 Å². The van der Waals surface area contributed by atoms with Gasteiger partial charge < -0.3 is 0 Å². The van der Waals surface area contributed by atoms with Crippen molar-refractivity contribution in [1.29, 1.82) is 0 Å². The summed E-state index contributed by atoms with van der Waals surface area (Å²) in [5.74, 6) is 0. The van der Waals surface area contributed by atoms with Gasteiger partial charge in [-0.05, 0) is 0 Å². The molecule has 7 heteroatoms. The molecular weight excluding hydrogens is 568 g/mol. The molecule has 0 N–H and O–H groups in total. The number of benzene rings is 2.